The smallest absolute Gasteiger partial charge is 0.238 e. The number of carbonyl (C=O) groups is 1. The van der Waals surface area contributed by atoms with Gasteiger partial charge in [-0.2, -0.15) is 4.31 Å². The molecule has 0 aromatic carbocycles. The maximum atomic E-state index is 12.3. The van der Waals surface area contributed by atoms with Gasteiger partial charge in [0.15, 0.2) is 9.84 Å². The molecule has 1 heterocycles. The molecule has 1 amide bonds. The predicted octanol–water partition coefficient (Wildman–Crippen LogP) is -0.306. The molecule has 0 saturated carbocycles. The Labute approximate surface area is 127 Å². The van der Waals surface area contributed by atoms with Crippen LogP contribution in [-0.4, -0.2) is 75.4 Å². The van der Waals surface area contributed by atoms with E-state index in [1.807, 2.05) is 6.92 Å². The van der Waals surface area contributed by atoms with Crippen molar-refractivity contribution in [3.8, 4) is 0 Å². The molecule has 124 valence electrons. The highest BCUT2D eigenvalue weighted by molar-refractivity contribution is 7.91. The zero-order valence-corrected chi connectivity index (χ0v) is 14.4. The lowest BCUT2D eigenvalue weighted by molar-refractivity contribution is -0.133. The van der Waals surface area contributed by atoms with E-state index in [-0.39, 0.29) is 36.5 Å². The topological polar surface area (TPSA) is 91.8 Å². The van der Waals surface area contributed by atoms with E-state index < -0.39 is 19.9 Å². The summed E-state index contributed by atoms with van der Waals surface area (Å²) in [5.41, 5.74) is 0. The van der Waals surface area contributed by atoms with E-state index in [2.05, 4.69) is 0 Å². The molecule has 9 heteroatoms. The molecule has 0 N–H and O–H groups in total. The monoisotopic (exact) mass is 340 g/mol. The maximum absolute atomic E-state index is 12.3. The highest BCUT2D eigenvalue weighted by atomic mass is 32.2. The first-order valence-corrected chi connectivity index (χ1v) is 10.7. The van der Waals surface area contributed by atoms with E-state index in [1.54, 1.807) is 6.92 Å². The van der Waals surface area contributed by atoms with Crippen LogP contribution in [0.4, 0.5) is 0 Å². The summed E-state index contributed by atoms with van der Waals surface area (Å²) in [5, 5.41) is 0. The van der Waals surface area contributed by atoms with Crippen LogP contribution in [0.3, 0.4) is 0 Å². The number of sulfonamides is 1. The van der Waals surface area contributed by atoms with E-state index in [0.29, 0.717) is 19.4 Å². The molecule has 21 heavy (non-hydrogen) atoms. The number of carbonyl (C=O) groups excluding carboxylic acids is 1. The van der Waals surface area contributed by atoms with Gasteiger partial charge in [0.1, 0.15) is 0 Å². The molecule has 1 fully saturated rings. The zero-order chi connectivity index (χ0) is 16.3. The van der Waals surface area contributed by atoms with E-state index in [0.717, 1.165) is 10.6 Å². The van der Waals surface area contributed by atoms with Crippen molar-refractivity contribution in [2.45, 2.75) is 32.7 Å². The standard InChI is InChI=1S/C12H24N2O5S2/c1-4-7-13(20(3,16)17)9-12(15)14(5-2)11-6-8-21(18,19)10-11/h11H,4-10H2,1-3H3. The summed E-state index contributed by atoms with van der Waals surface area (Å²) >= 11 is 0. The van der Waals surface area contributed by atoms with Gasteiger partial charge in [-0.3, -0.25) is 4.79 Å². The minimum atomic E-state index is -3.44. The molecule has 1 aliphatic rings. The molecule has 0 radical (unpaired) electrons. The van der Waals surface area contributed by atoms with Crippen LogP contribution < -0.4 is 0 Å². The first-order valence-electron chi connectivity index (χ1n) is 7.05. The Morgan fingerprint density at radius 1 is 1.29 bits per heavy atom. The first-order chi connectivity index (χ1) is 9.60. The van der Waals surface area contributed by atoms with Crippen LogP contribution in [-0.2, 0) is 24.7 Å². The van der Waals surface area contributed by atoms with Crippen LogP contribution in [0.25, 0.3) is 0 Å². The van der Waals surface area contributed by atoms with E-state index in [4.69, 9.17) is 0 Å². The first kappa shape index (κ1) is 18.4. The van der Waals surface area contributed by atoms with Gasteiger partial charge in [-0.15, -0.1) is 0 Å². The van der Waals surface area contributed by atoms with Gasteiger partial charge in [-0.25, -0.2) is 16.8 Å². The van der Waals surface area contributed by atoms with Crippen molar-refractivity contribution in [1.29, 1.82) is 0 Å². The third-order valence-electron chi connectivity index (χ3n) is 3.56. The SMILES string of the molecule is CCCN(CC(=O)N(CC)C1CCS(=O)(=O)C1)S(C)(=O)=O. The second kappa shape index (κ2) is 7.06. The number of nitrogens with zero attached hydrogens (tertiary/aromatic N) is 2. The summed E-state index contributed by atoms with van der Waals surface area (Å²) in [6.45, 7) is 4.04. The molecule has 0 aliphatic carbocycles. The van der Waals surface area contributed by atoms with Crippen molar-refractivity contribution >= 4 is 25.8 Å². The number of rotatable bonds is 7. The van der Waals surface area contributed by atoms with Crippen molar-refractivity contribution < 1.29 is 21.6 Å². The molecule has 1 unspecified atom stereocenters. The summed E-state index contributed by atoms with van der Waals surface area (Å²) in [6, 6.07) is -0.337. The number of hydrogen-bond donors (Lipinski definition) is 0. The van der Waals surface area contributed by atoms with Crippen molar-refractivity contribution in [1.82, 2.24) is 9.21 Å². The molecule has 1 saturated heterocycles. The van der Waals surface area contributed by atoms with E-state index >= 15 is 0 Å². The Morgan fingerprint density at radius 3 is 2.29 bits per heavy atom. The maximum Gasteiger partial charge on any atom is 0.238 e. The summed E-state index contributed by atoms with van der Waals surface area (Å²) in [7, 11) is -6.52. The van der Waals surface area contributed by atoms with E-state index in [9.17, 15) is 21.6 Å². The van der Waals surface area contributed by atoms with E-state index in [1.165, 1.54) is 4.90 Å². The largest absolute Gasteiger partial charge is 0.338 e. The quantitative estimate of drug-likeness (QED) is 0.634. The molecule has 0 aromatic heterocycles. The lowest BCUT2D eigenvalue weighted by atomic mass is 10.2. The Morgan fingerprint density at radius 2 is 1.90 bits per heavy atom. The Hall–Kier alpha value is -0.670. The minimum Gasteiger partial charge on any atom is -0.338 e. The van der Waals surface area contributed by atoms with Crippen molar-refractivity contribution in [3.05, 3.63) is 0 Å². The van der Waals surface area contributed by atoms with Gasteiger partial charge in [0.2, 0.25) is 15.9 Å². The fourth-order valence-corrected chi connectivity index (χ4v) is 5.10. The predicted molar refractivity (Wildman–Crippen MR) is 81.2 cm³/mol. The average molecular weight is 340 g/mol. The van der Waals surface area contributed by atoms with Crippen LogP contribution in [0.1, 0.15) is 26.7 Å². The molecule has 0 aromatic rings. The van der Waals surface area contributed by atoms with Crippen molar-refractivity contribution in [2.24, 2.45) is 0 Å². The summed E-state index contributed by atoms with van der Waals surface area (Å²) in [4.78, 5) is 13.8. The van der Waals surface area contributed by atoms with Gasteiger partial charge in [-0.1, -0.05) is 6.92 Å². The third-order valence-corrected chi connectivity index (χ3v) is 6.56. The number of amides is 1. The summed E-state index contributed by atoms with van der Waals surface area (Å²) < 4.78 is 47.5. The van der Waals surface area contributed by atoms with Crippen LogP contribution >= 0.6 is 0 Å². The number of hydrogen-bond acceptors (Lipinski definition) is 5. The van der Waals surface area contributed by atoms with Gasteiger partial charge in [-0.05, 0) is 19.8 Å². The van der Waals surface area contributed by atoms with Crippen molar-refractivity contribution in [2.75, 3.05) is 37.4 Å². The lowest BCUT2D eigenvalue weighted by Gasteiger charge is -2.29. The van der Waals surface area contributed by atoms with Crippen LogP contribution in [0.2, 0.25) is 0 Å². The zero-order valence-electron chi connectivity index (χ0n) is 12.8. The molecule has 0 bridgehead atoms. The van der Waals surface area contributed by atoms with Gasteiger partial charge in [0, 0.05) is 19.1 Å². The Kier molecular flexibility index (Phi) is 6.18. The number of sulfone groups is 1. The molecule has 0 spiro atoms. The van der Waals surface area contributed by atoms with Crippen molar-refractivity contribution in [3.63, 3.8) is 0 Å². The van der Waals surface area contributed by atoms with Gasteiger partial charge >= 0.3 is 0 Å². The highest BCUT2D eigenvalue weighted by Gasteiger charge is 2.34. The fourth-order valence-electron chi connectivity index (χ4n) is 2.51. The fraction of sp³-hybridized carbons (Fsp3) is 0.917. The molecular weight excluding hydrogens is 316 g/mol. The normalized spacial score (nSPS) is 21.6. The molecule has 1 aliphatic heterocycles. The van der Waals surface area contributed by atoms with Crippen LogP contribution in [0.15, 0.2) is 0 Å². The second-order valence-corrected chi connectivity index (χ2v) is 9.54. The highest BCUT2D eigenvalue weighted by Crippen LogP contribution is 2.18. The molecule has 7 nitrogen and oxygen atoms in total. The van der Waals surface area contributed by atoms with Gasteiger partial charge in [0.25, 0.3) is 0 Å². The third kappa shape index (κ3) is 5.23. The van der Waals surface area contributed by atoms with Crippen LogP contribution in [0.5, 0.6) is 0 Å². The molecule has 1 atom stereocenters. The van der Waals surface area contributed by atoms with Crippen LogP contribution in [0, 0.1) is 0 Å². The Bertz CT molecular complexity index is 570. The molecular formula is C12H24N2O5S2. The minimum absolute atomic E-state index is 0.0285. The van der Waals surface area contributed by atoms with Gasteiger partial charge in [0.05, 0.1) is 24.3 Å². The van der Waals surface area contributed by atoms with Gasteiger partial charge < -0.3 is 4.90 Å². The second-order valence-electron chi connectivity index (χ2n) is 5.33. The Balaban J connectivity index is 2.79. The summed E-state index contributed by atoms with van der Waals surface area (Å²) in [5.74, 6) is -0.274. The molecule has 1 rings (SSSR count). The lowest BCUT2D eigenvalue weighted by Crippen LogP contribution is -2.47. The summed E-state index contributed by atoms with van der Waals surface area (Å²) in [6.07, 6.45) is 2.12. The number of likely N-dealkylation sites (N-methyl/N-ethyl adjacent to an activating group) is 1. The average Bonchev–Trinajstić information content (AvgIpc) is 2.69.